The van der Waals surface area contributed by atoms with Crippen LogP contribution >= 0.6 is 11.6 Å². The molecule has 126 valence electrons. The van der Waals surface area contributed by atoms with Gasteiger partial charge in [-0.05, 0) is 42.3 Å². The zero-order valence-corrected chi connectivity index (χ0v) is 14.0. The maximum Gasteiger partial charge on any atom is 0.252 e. The molecule has 0 aliphatic carbocycles. The van der Waals surface area contributed by atoms with Crippen molar-refractivity contribution in [2.45, 2.75) is 13.3 Å². The van der Waals surface area contributed by atoms with Crippen LogP contribution in [0.25, 0.3) is 0 Å². The van der Waals surface area contributed by atoms with Gasteiger partial charge in [-0.1, -0.05) is 19.1 Å². The maximum absolute atomic E-state index is 14.6. The Bertz CT molecular complexity index is 756. The molecule has 2 aromatic rings. The van der Waals surface area contributed by atoms with Gasteiger partial charge in [0.1, 0.15) is 11.3 Å². The van der Waals surface area contributed by atoms with Crippen LogP contribution in [0.1, 0.15) is 39.6 Å². The number of carbonyl (C=O) groups is 2. The molecule has 0 spiro atoms. The maximum atomic E-state index is 14.6. The van der Waals surface area contributed by atoms with Gasteiger partial charge in [0.05, 0.1) is 13.7 Å². The lowest BCUT2D eigenvalue weighted by atomic mass is 10.0. The van der Waals surface area contributed by atoms with Gasteiger partial charge < -0.3 is 9.47 Å². The van der Waals surface area contributed by atoms with E-state index in [1.807, 2.05) is 6.92 Å². The first-order valence-electron chi connectivity index (χ1n) is 7.33. The molecule has 0 atom stereocenters. The van der Waals surface area contributed by atoms with E-state index in [0.29, 0.717) is 13.0 Å². The third-order valence-corrected chi connectivity index (χ3v) is 3.57. The SMILES string of the molecule is CCCOc1ccc(OC)c(F)c1C(=O)c1ccc(C(=O)Cl)cc1. The van der Waals surface area contributed by atoms with Crippen molar-refractivity contribution in [1.29, 1.82) is 0 Å². The number of rotatable bonds is 7. The van der Waals surface area contributed by atoms with Gasteiger partial charge >= 0.3 is 0 Å². The largest absolute Gasteiger partial charge is 0.494 e. The highest BCUT2D eigenvalue weighted by atomic mass is 35.5. The first-order chi connectivity index (χ1) is 11.5. The van der Waals surface area contributed by atoms with Crippen LogP contribution in [0.5, 0.6) is 11.5 Å². The molecule has 0 fully saturated rings. The van der Waals surface area contributed by atoms with Gasteiger partial charge in [-0.2, -0.15) is 0 Å². The fourth-order valence-electron chi connectivity index (χ4n) is 2.14. The standard InChI is InChI=1S/C18H16ClFO4/c1-3-10-24-13-8-9-14(23-2)16(20)15(13)17(21)11-4-6-12(7-5-11)18(19)22/h4-9H,3,10H2,1-2H3. The number of carbonyl (C=O) groups excluding carboxylic acids is 2. The summed E-state index contributed by atoms with van der Waals surface area (Å²) in [5.74, 6) is -1.24. The fourth-order valence-corrected chi connectivity index (χ4v) is 2.26. The quantitative estimate of drug-likeness (QED) is 0.554. The Kier molecular flexibility index (Phi) is 5.93. The average Bonchev–Trinajstić information content (AvgIpc) is 2.59. The summed E-state index contributed by atoms with van der Waals surface area (Å²) in [5.41, 5.74) is 0.264. The van der Waals surface area contributed by atoms with Gasteiger partial charge in [0.2, 0.25) is 0 Å². The summed E-state index contributed by atoms with van der Waals surface area (Å²) in [4.78, 5) is 23.8. The van der Waals surface area contributed by atoms with E-state index in [0.717, 1.165) is 0 Å². The van der Waals surface area contributed by atoms with Crippen LogP contribution in [0.2, 0.25) is 0 Å². The zero-order chi connectivity index (χ0) is 17.7. The van der Waals surface area contributed by atoms with Crippen molar-refractivity contribution in [2.24, 2.45) is 0 Å². The van der Waals surface area contributed by atoms with Gasteiger partial charge in [-0.15, -0.1) is 0 Å². The van der Waals surface area contributed by atoms with Crippen molar-refractivity contribution in [3.8, 4) is 11.5 Å². The van der Waals surface area contributed by atoms with Gasteiger partial charge in [0, 0.05) is 11.1 Å². The topological polar surface area (TPSA) is 52.6 Å². The highest BCUT2D eigenvalue weighted by Crippen LogP contribution is 2.31. The minimum Gasteiger partial charge on any atom is -0.494 e. The number of halogens is 2. The Balaban J connectivity index is 2.47. The molecule has 6 heteroatoms. The van der Waals surface area contributed by atoms with Gasteiger partial charge in [-0.3, -0.25) is 9.59 Å². The van der Waals surface area contributed by atoms with Gasteiger partial charge in [0.15, 0.2) is 17.3 Å². The number of methoxy groups -OCH3 is 1. The van der Waals surface area contributed by atoms with E-state index in [4.69, 9.17) is 21.1 Å². The van der Waals surface area contributed by atoms with Gasteiger partial charge in [0.25, 0.3) is 5.24 Å². The third kappa shape index (κ3) is 3.74. The summed E-state index contributed by atoms with van der Waals surface area (Å²) in [6.07, 6.45) is 0.716. The second-order valence-electron chi connectivity index (χ2n) is 4.98. The lowest BCUT2D eigenvalue weighted by Crippen LogP contribution is -2.10. The first kappa shape index (κ1) is 17.9. The normalized spacial score (nSPS) is 10.3. The second-order valence-corrected chi connectivity index (χ2v) is 5.33. The molecule has 0 saturated carbocycles. The summed E-state index contributed by atoms with van der Waals surface area (Å²) in [6, 6.07) is 8.56. The molecule has 0 saturated heterocycles. The number of benzene rings is 2. The Morgan fingerprint density at radius 3 is 2.17 bits per heavy atom. The minimum absolute atomic E-state index is 0.0465. The van der Waals surface area contributed by atoms with Crippen LogP contribution in [0, 0.1) is 5.82 Å². The van der Waals surface area contributed by atoms with Crippen LogP contribution in [-0.4, -0.2) is 24.7 Å². The molecular weight excluding hydrogens is 335 g/mol. The van der Waals surface area contributed by atoms with E-state index >= 15 is 0 Å². The Labute approximate surface area is 144 Å². The van der Waals surface area contributed by atoms with Crippen LogP contribution in [0.4, 0.5) is 4.39 Å². The number of ketones is 1. The van der Waals surface area contributed by atoms with E-state index in [9.17, 15) is 14.0 Å². The van der Waals surface area contributed by atoms with Crippen molar-refractivity contribution >= 4 is 22.6 Å². The molecule has 0 amide bonds. The van der Waals surface area contributed by atoms with Crippen molar-refractivity contribution < 1.29 is 23.5 Å². The van der Waals surface area contributed by atoms with Crippen LogP contribution in [0.3, 0.4) is 0 Å². The summed E-state index contributed by atoms with van der Waals surface area (Å²) in [5, 5.41) is -0.631. The van der Waals surface area contributed by atoms with Crippen molar-refractivity contribution in [1.82, 2.24) is 0 Å². The highest BCUT2D eigenvalue weighted by Gasteiger charge is 2.23. The summed E-state index contributed by atoms with van der Waals surface area (Å²) in [6.45, 7) is 2.26. The molecule has 0 heterocycles. The Hall–Kier alpha value is -2.40. The first-order valence-corrected chi connectivity index (χ1v) is 7.71. The molecule has 0 radical (unpaired) electrons. The van der Waals surface area contributed by atoms with Crippen LogP contribution in [0.15, 0.2) is 36.4 Å². The molecule has 0 aliphatic heterocycles. The Morgan fingerprint density at radius 2 is 1.62 bits per heavy atom. The van der Waals surface area contributed by atoms with E-state index in [1.54, 1.807) is 0 Å². The lowest BCUT2D eigenvalue weighted by molar-refractivity contribution is 0.102. The van der Waals surface area contributed by atoms with E-state index in [2.05, 4.69) is 0 Å². The molecule has 2 aromatic carbocycles. The van der Waals surface area contributed by atoms with E-state index in [1.165, 1.54) is 43.5 Å². The predicted octanol–water partition coefficient (Wildman–Crippen LogP) is 4.23. The molecule has 4 nitrogen and oxygen atoms in total. The Morgan fingerprint density at radius 1 is 1.04 bits per heavy atom. The molecule has 0 aromatic heterocycles. The molecule has 0 unspecified atom stereocenters. The van der Waals surface area contributed by atoms with Crippen molar-refractivity contribution in [2.75, 3.05) is 13.7 Å². The lowest BCUT2D eigenvalue weighted by Gasteiger charge is -2.13. The average molecular weight is 351 g/mol. The van der Waals surface area contributed by atoms with Crippen molar-refractivity contribution in [3.63, 3.8) is 0 Å². The third-order valence-electron chi connectivity index (χ3n) is 3.35. The number of hydrogen-bond acceptors (Lipinski definition) is 4. The smallest absolute Gasteiger partial charge is 0.252 e. The summed E-state index contributed by atoms with van der Waals surface area (Å²) < 4.78 is 25.0. The molecule has 0 aliphatic rings. The van der Waals surface area contributed by atoms with Crippen LogP contribution < -0.4 is 9.47 Å². The summed E-state index contributed by atoms with van der Waals surface area (Å²) >= 11 is 5.38. The van der Waals surface area contributed by atoms with E-state index in [-0.39, 0.29) is 28.2 Å². The highest BCUT2D eigenvalue weighted by molar-refractivity contribution is 6.67. The number of ether oxygens (including phenoxy) is 2. The summed E-state index contributed by atoms with van der Waals surface area (Å²) in [7, 11) is 1.32. The molecule has 0 bridgehead atoms. The van der Waals surface area contributed by atoms with Gasteiger partial charge in [-0.25, -0.2) is 4.39 Å². The molecular formula is C18H16ClFO4. The zero-order valence-electron chi connectivity index (χ0n) is 13.3. The molecule has 24 heavy (non-hydrogen) atoms. The number of hydrogen-bond donors (Lipinski definition) is 0. The monoisotopic (exact) mass is 350 g/mol. The van der Waals surface area contributed by atoms with E-state index < -0.39 is 16.8 Å². The second kappa shape index (κ2) is 7.93. The fraction of sp³-hybridized carbons (Fsp3) is 0.222. The van der Waals surface area contributed by atoms with Crippen molar-refractivity contribution in [3.05, 3.63) is 58.9 Å². The molecule has 2 rings (SSSR count). The van der Waals surface area contributed by atoms with Crippen LogP contribution in [-0.2, 0) is 0 Å². The predicted molar refractivity (Wildman–Crippen MR) is 88.8 cm³/mol. The molecule has 0 N–H and O–H groups in total. The minimum atomic E-state index is -0.784.